The number of methoxy groups -OCH3 is 1. The van der Waals surface area contributed by atoms with Crippen molar-refractivity contribution in [1.82, 2.24) is 0 Å². The van der Waals surface area contributed by atoms with Crippen molar-refractivity contribution in [3.8, 4) is 11.8 Å². The van der Waals surface area contributed by atoms with Crippen LogP contribution in [0.5, 0.6) is 5.75 Å². The maximum Gasteiger partial charge on any atom is 0.266 e. The van der Waals surface area contributed by atoms with Crippen LogP contribution in [0.3, 0.4) is 0 Å². The molecule has 0 atom stereocenters. The smallest absolute Gasteiger partial charge is 0.266 e. The third kappa shape index (κ3) is 3.89. The van der Waals surface area contributed by atoms with Gasteiger partial charge in [-0.05, 0) is 59.3 Å². The Balaban J connectivity index is 2.25. The van der Waals surface area contributed by atoms with Crippen molar-refractivity contribution in [3.05, 3.63) is 51.0 Å². The van der Waals surface area contributed by atoms with Crippen LogP contribution in [-0.4, -0.2) is 13.0 Å². The number of hydrogen-bond donors (Lipinski definition) is 1. The van der Waals surface area contributed by atoms with Gasteiger partial charge in [-0.15, -0.1) is 0 Å². The number of furan rings is 1. The quantitative estimate of drug-likeness (QED) is 0.475. The van der Waals surface area contributed by atoms with Gasteiger partial charge in [0.05, 0.1) is 12.8 Å². The number of nitriles is 1. The molecule has 0 aliphatic carbocycles. The zero-order chi connectivity index (χ0) is 16.1. The highest BCUT2D eigenvalue weighted by atomic mass is 127. The molecule has 0 saturated carbocycles. The number of amides is 1. The molecule has 0 aliphatic heterocycles. The van der Waals surface area contributed by atoms with E-state index in [4.69, 9.17) is 14.4 Å². The summed E-state index contributed by atoms with van der Waals surface area (Å²) in [5.74, 6) is 0.467. The lowest BCUT2D eigenvalue weighted by molar-refractivity contribution is -0.112. The second kappa shape index (κ2) is 7.13. The van der Waals surface area contributed by atoms with E-state index in [0.717, 1.165) is 5.56 Å². The zero-order valence-electron chi connectivity index (χ0n) is 12.0. The first-order valence-electron chi connectivity index (χ1n) is 6.36. The zero-order valence-corrected chi connectivity index (χ0v) is 14.2. The number of anilines is 1. The number of nitrogens with zero attached hydrogens (tertiary/aromatic N) is 1. The highest BCUT2D eigenvalue weighted by molar-refractivity contribution is 14.1. The molecule has 0 unspecified atom stereocenters. The van der Waals surface area contributed by atoms with E-state index in [2.05, 4.69) is 5.32 Å². The Morgan fingerprint density at radius 1 is 1.41 bits per heavy atom. The summed E-state index contributed by atoms with van der Waals surface area (Å²) < 4.78 is 11.2. The molecule has 6 heteroatoms. The summed E-state index contributed by atoms with van der Waals surface area (Å²) in [6.45, 7) is 1.90. The van der Waals surface area contributed by atoms with Crippen LogP contribution in [0.15, 0.2) is 40.3 Å². The van der Waals surface area contributed by atoms with Crippen LogP contribution in [0, 0.1) is 22.0 Å². The second-order valence-corrected chi connectivity index (χ2v) is 5.53. The molecule has 2 aromatic rings. The Labute approximate surface area is 141 Å². The van der Waals surface area contributed by atoms with Crippen molar-refractivity contribution in [2.75, 3.05) is 12.4 Å². The summed E-state index contributed by atoms with van der Waals surface area (Å²) in [5, 5.41) is 11.9. The first kappa shape index (κ1) is 16.1. The van der Waals surface area contributed by atoms with Crippen LogP contribution in [0.4, 0.5) is 5.69 Å². The van der Waals surface area contributed by atoms with Crippen molar-refractivity contribution >= 4 is 40.3 Å². The van der Waals surface area contributed by atoms with Crippen molar-refractivity contribution in [1.29, 1.82) is 5.26 Å². The van der Waals surface area contributed by atoms with Crippen molar-refractivity contribution in [3.63, 3.8) is 0 Å². The van der Waals surface area contributed by atoms with Gasteiger partial charge in [0.25, 0.3) is 5.91 Å². The molecule has 1 amide bonds. The molecule has 0 aliphatic rings. The molecule has 5 nitrogen and oxygen atoms in total. The summed E-state index contributed by atoms with van der Waals surface area (Å²) in [6, 6.07) is 10.7. The molecule has 1 heterocycles. The number of carbonyl (C=O) groups excluding carboxylic acids is 1. The maximum absolute atomic E-state index is 12.2. The van der Waals surface area contributed by atoms with Gasteiger partial charge in [-0.25, -0.2) is 0 Å². The fourth-order valence-corrected chi connectivity index (χ4v) is 2.24. The molecule has 0 radical (unpaired) electrons. The molecular weight excluding hydrogens is 395 g/mol. The molecule has 112 valence electrons. The van der Waals surface area contributed by atoms with E-state index in [1.165, 1.54) is 13.2 Å². The van der Waals surface area contributed by atoms with Gasteiger partial charge in [0.2, 0.25) is 0 Å². The van der Waals surface area contributed by atoms with Gasteiger partial charge < -0.3 is 14.5 Å². The van der Waals surface area contributed by atoms with Crippen molar-refractivity contribution in [2.24, 2.45) is 0 Å². The number of carbonyl (C=O) groups is 1. The van der Waals surface area contributed by atoms with Gasteiger partial charge in [-0.2, -0.15) is 5.26 Å². The minimum Gasteiger partial charge on any atom is -0.495 e. The number of rotatable bonds is 4. The van der Waals surface area contributed by atoms with Gasteiger partial charge >= 0.3 is 0 Å². The predicted molar refractivity (Wildman–Crippen MR) is 91.4 cm³/mol. The number of benzene rings is 1. The van der Waals surface area contributed by atoms with Gasteiger partial charge in [0.15, 0.2) is 3.77 Å². The van der Waals surface area contributed by atoms with Gasteiger partial charge in [-0.3, -0.25) is 4.79 Å². The summed E-state index contributed by atoms with van der Waals surface area (Å²) in [4.78, 5) is 12.2. The van der Waals surface area contributed by atoms with Gasteiger partial charge in [0.1, 0.15) is 23.2 Å². The first-order chi connectivity index (χ1) is 10.5. The third-order valence-corrected chi connectivity index (χ3v) is 3.43. The van der Waals surface area contributed by atoms with Crippen LogP contribution in [0.1, 0.15) is 11.3 Å². The third-order valence-electron chi connectivity index (χ3n) is 2.85. The molecular formula is C16H13IN2O3. The maximum atomic E-state index is 12.2. The molecule has 22 heavy (non-hydrogen) atoms. The standard InChI is InChI=1S/C16H13IN2O3/c1-10-3-5-14(21-2)13(7-10)19-16(20)11(9-18)8-12-4-6-15(17)22-12/h3-8H,1-2H3,(H,19,20)/b11-8+. The number of nitrogens with one attached hydrogen (secondary N) is 1. The lowest BCUT2D eigenvalue weighted by atomic mass is 10.2. The van der Waals surface area contributed by atoms with E-state index in [0.29, 0.717) is 21.0 Å². The molecule has 2 rings (SSSR count). The van der Waals surface area contributed by atoms with Crippen LogP contribution < -0.4 is 10.1 Å². The van der Waals surface area contributed by atoms with Crippen LogP contribution >= 0.6 is 22.6 Å². The van der Waals surface area contributed by atoms with E-state index in [-0.39, 0.29) is 5.57 Å². The van der Waals surface area contributed by atoms with Crippen molar-refractivity contribution in [2.45, 2.75) is 6.92 Å². The lowest BCUT2D eigenvalue weighted by Gasteiger charge is -2.10. The highest BCUT2D eigenvalue weighted by Gasteiger charge is 2.13. The lowest BCUT2D eigenvalue weighted by Crippen LogP contribution is -2.14. The minimum atomic E-state index is -0.516. The average Bonchev–Trinajstić information content (AvgIpc) is 2.90. The van der Waals surface area contributed by atoms with E-state index in [9.17, 15) is 4.79 Å². The molecule has 0 spiro atoms. The minimum absolute atomic E-state index is 0.0469. The Bertz CT molecular complexity index is 772. The van der Waals surface area contributed by atoms with Crippen LogP contribution in [-0.2, 0) is 4.79 Å². The highest BCUT2D eigenvalue weighted by Crippen LogP contribution is 2.25. The summed E-state index contributed by atoms with van der Waals surface area (Å²) in [7, 11) is 1.52. The van der Waals surface area contributed by atoms with E-state index in [1.54, 1.807) is 24.3 Å². The Hall–Kier alpha value is -2.27. The van der Waals surface area contributed by atoms with Gasteiger partial charge in [0, 0.05) is 6.08 Å². The monoisotopic (exact) mass is 408 g/mol. The van der Waals surface area contributed by atoms with Gasteiger partial charge in [-0.1, -0.05) is 6.07 Å². The number of halogens is 1. The average molecular weight is 408 g/mol. The number of ether oxygens (including phenoxy) is 1. The Kier molecular flexibility index (Phi) is 5.22. The SMILES string of the molecule is COc1ccc(C)cc1NC(=O)/C(C#N)=C/c1ccc(I)o1. The Morgan fingerprint density at radius 3 is 2.77 bits per heavy atom. The fourth-order valence-electron chi connectivity index (χ4n) is 1.81. The molecule has 0 saturated heterocycles. The van der Waals surface area contributed by atoms with Crippen molar-refractivity contribution < 1.29 is 13.9 Å². The van der Waals surface area contributed by atoms with E-state index >= 15 is 0 Å². The fraction of sp³-hybridized carbons (Fsp3) is 0.125. The molecule has 0 bridgehead atoms. The van der Waals surface area contributed by atoms with E-state index in [1.807, 2.05) is 41.7 Å². The largest absolute Gasteiger partial charge is 0.495 e. The normalized spacial score (nSPS) is 10.9. The number of aryl methyl sites for hydroxylation is 1. The van der Waals surface area contributed by atoms with Crippen LogP contribution in [0.25, 0.3) is 6.08 Å². The predicted octanol–water partition coefficient (Wildman–Crippen LogP) is 3.75. The Morgan fingerprint density at radius 2 is 2.18 bits per heavy atom. The molecule has 1 aromatic heterocycles. The summed E-state index contributed by atoms with van der Waals surface area (Å²) >= 11 is 2.01. The molecule has 1 N–H and O–H groups in total. The summed E-state index contributed by atoms with van der Waals surface area (Å²) in [6.07, 6.45) is 1.40. The summed E-state index contributed by atoms with van der Waals surface area (Å²) in [5.41, 5.74) is 1.44. The molecule has 1 aromatic carbocycles. The number of hydrogen-bond acceptors (Lipinski definition) is 4. The second-order valence-electron chi connectivity index (χ2n) is 4.47. The molecule has 0 fully saturated rings. The topological polar surface area (TPSA) is 75.3 Å². The van der Waals surface area contributed by atoms with Crippen LogP contribution in [0.2, 0.25) is 0 Å². The van der Waals surface area contributed by atoms with E-state index < -0.39 is 5.91 Å². The first-order valence-corrected chi connectivity index (χ1v) is 7.44.